The van der Waals surface area contributed by atoms with Crippen LogP contribution in [0.15, 0.2) is 12.3 Å². The second-order valence-corrected chi connectivity index (χ2v) is 4.68. The molecular formula is C11H12O5. The fraction of sp³-hybridized carbons (Fsp3) is 0.636. The van der Waals surface area contributed by atoms with E-state index in [1.807, 2.05) is 0 Å². The van der Waals surface area contributed by atoms with E-state index < -0.39 is 35.6 Å². The first-order valence-corrected chi connectivity index (χ1v) is 5.26. The van der Waals surface area contributed by atoms with Crippen LogP contribution in [0, 0.1) is 11.3 Å². The molecule has 5 nitrogen and oxygen atoms in total. The van der Waals surface area contributed by atoms with Gasteiger partial charge >= 0.3 is 5.97 Å². The summed E-state index contributed by atoms with van der Waals surface area (Å²) in [6.45, 7) is 5.35. The summed E-state index contributed by atoms with van der Waals surface area (Å²) in [7, 11) is 0. The van der Waals surface area contributed by atoms with E-state index in [9.17, 15) is 14.7 Å². The highest BCUT2D eigenvalue weighted by Crippen LogP contribution is 2.59. The molecule has 0 amide bonds. The smallest absolute Gasteiger partial charge is 0.310 e. The molecule has 0 aromatic carbocycles. The molecule has 5 heteroatoms. The molecule has 1 spiro atoms. The van der Waals surface area contributed by atoms with Crippen LogP contribution in [0.5, 0.6) is 0 Å². The third-order valence-corrected chi connectivity index (χ3v) is 4.10. The average molecular weight is 224 g/mol. The highest BCUT2D eigenvalue weighted by Gasteiger charge is 2.74. The third-order valence-electron chi connectivity index (χ3n) is 4.10. The number of ether oxygens (including phenoxy) is 2. The number of aliphatic hydroxyl groups excluding tert-OH is 1. The molecule has 3 fully saturated rings. The fourth-order valence-corrected chi connectivity index (χ4v) is 3.24. The minimum atomic E-state index is -1.19. The zero-order valence-corrected chi connectivity index (χ0v) is 8.80. The fourth-order valence-electron chi connectivity index (χ4n) is 3.24. The van der Waals surface area contributed by atoms with E-state index in [0.29, 0.717) is 5.76 Å². The maximum Gasteiger partial charge on any atom is 0.310 e. The van der Waals surface area contributed by atoms with E-state index in [0.717, 1.165) is 0 Å². The standard InChI is InChI=1S/C11H12O5/c1-4-10(14)16-9-5(2)15-7-3-6(12)8(13)11(4,7)9/h4,7-9,13H,2-3H2,1H3/t4-,7+,8+,9-,11+/m0/s1. The van der Waals surface area contributed by atoms with Crippen molar-refractivity contribution < 1.29 is 24.2 Å². The van der Waals surface area contributed by atoms with Crippen LogP contribution < -0.4 is 0 Å². The number of hydrogen-bond acceptors (Lipinski definition) is 5. The molecule has 1 aliphatic carbocycles. The predicted molar refractivity (Wildman–Crippen MR) is 51.1 cm³/mol. The molecule has 2 saturated heterocycles. The summed E-state index contributed by atoms with van der Waals surface area (Å²) in [4.78, 5) is 23.1. The van der Waals surface area contributed by atoms with Crippen LogP contribution in [0.3, 0.4) is 0 Å². The van der Waals surface area contributed by atoms with Crippen molar-refractivity contribution in [1.29, 1.82) is 0 Å². The molecule has 0 aromatic rings. The molecule has 0 bridgehead atoms. The molecule has 16 heavy (non-hydrogen) atoms. The van der Waals surface area contributed by atoms with E-state index in [1.54, 1.807) is 6.92 Å². The summed E-state index contributed by atoms with van der Waals surface area (Å²) >= 11 is 0. The number of ketones is 1. The quantitative estimate of drug-likeness (QED) is 0.576. The van der Waals surface area contributed by atoms with Gasteiger partial charge in [-0.25, -0.2) is 0 Å². The van der Waals surface area contributed by atoms with Crippen molar-refractivity contribution in [3.8, 4) is 0 Å². The Labute approximate surface area is 92.0 Å². The Morgan fingerprint density at radius 2 is 2.12 bits per heavy atom. The maximum absolute atomic E-state index is 11.6. The number of hydrogen-bond donors (Lipinski definition) is 1. The second kappa shape index (κ2) is 2.66. The van der Waals surface area contributed by atoms with Gasteiger partial charge in [-0.2, -0.15) is 0 Å². The zero-order valence-electron chi connectivity index (χ0n) is 8.80. The van der Waals surface area contributed by atoms with Gasteiger partial charge in [0.1, 0.15) is 18.0 Å². The van der Waals surface area contributed by atoms with Crippen molar-refractivity contribution >= 4 is 11.8 Å². The lowest BCUT2D eigenvalue weighted by Gasteiger charge is -2.29. The van der Waals surface area contributed by atoms with Gasteiger partial charge in [0.15, 0.2) is 11.9 Å². The first-order valence-electron chi connectivity index (χ1n) is 5.26. The van der Waals surface area contributed by atoms with E-state index in [2.05, 4.69) is 6.58 Å². The molecule has 0 unspecified atom stereocenters. The third kappa shape index (κ3) is 0.787. The average Bonchev–Trinajstić information content (AvgIpc) is 2.73. The van der Waals surface area contributed by atoms with Crippen molar-refractivity contribution in [2.45, 2.75) is 31.7 Å². The van der Waals surface area contributed by atoms with Crippen molar-refractivity contribution in [2.24, 2.45) is 11.3 Å². The van der Waals surface area contributed by atoms with Crippen LogP contribution in [0.1, 0.15) is 13.3 Å². The van der Waals surface area contributed by atoms with Gasteiger partial charge in [-0.15, -0.1) is 0 Å². The van der Waals surface area contributed by atoms with Gasteiger partial charge in [-0.05, 0) is 0 Å². The van der Waals surface area contributed by atoms with Crippen LogP contribution in [0.4, 0.5) is 0 Å². The van der Waals surface area contributed by atoms with Crippen LogP contribution in [0.25, 0.3) is 0 Å². The van der Waals surface area contributed by atoms with E-state index in [4.69, 9.17) is 9.47 Å². The monoisotopic (exact) mass is 224 g/mol. The molecular weight excluding hydrogens is 212 g/mol. The lowest BCUT2D eigenvalue weighted by Crippen LogP contribution is -2.46. The first-order chi connectivity index (χ1) is 7.49. The highest BCUT2D eigenvalue weighted by atomic mass is 16.6. The Balaban J connectivity index is 2.16. The molecule has 5 atom stereocenters. The minimum Gasteiger partial charge on any atom is -0.490 e. The summed E-state index contributed by atoms with van der Waals surface area (Å²) in [5.74, 6) is -0.877. The Bertz CT molecular complexity index is 407. The zero-order chi connectivity index (χ0) is 11.7. The summed E-state index contributed by atoms with van der Waals surface area (Å²) in [6.07, 6.45) is -2.23. The number of esters is 1. The van der Waals surface area contributed by atoms with Gasteiger partial charge in [0, 0.05) is 6.42 Å². The van der Waals surface area contributed by atoms with E-state index >= 15 is 0 Å². The van der Waals surface area contributed by atoms with Crippen LogP contribution >= 0.6 is 0 Å². The lowest BCUT2D eigenvalue weighted by atomic mass is 9.70. The van der Waals surface area contributed by atoms with Crippen molar-refractivity contribution in [3.63, 3.8) is 0 Å². The van der Waals surface area contributed by atoms with Crippen LogP contribution in [-0.4, -0.2) is 35.2 Å². The van der Waals surface area contributed by atoms with Gasteiger partial charge < -0.3 is 14.6 Å². The summed E-state index contributed by atoms with van der Waals surface area (Å²) in [5, 5.41) is 10.0. The SMILES string of the molecule is C=C1O[C@@H]2CC(=O)[C@@H](O)[C@@]23[C@@H](C)C(=O)O[C@@H]13. The number of aliphatic hydroxyl groups is 1. The molecule has 2 heterocycles. The van der Waals surface area contributed by atoms with E-state index in [1.165, 1.54) is 0 Å². The van der Waals surface area contributed by atoms with E-state index in [-0.39, 0.29) is 12.2 Å². The number of carbonyl (C=O) groups is 2. The topological polar surface area (TPSA) is 72.8 Å². The Morgan fingerprint density at radius 1 is 1.44 bits per heavy atom. The molecule has 86 valence electrons. The summed E-state index contributed by atoms with van der Waals surface area (Å²) in [5.41, 5.74) is -0.939. The second-order valence-electron chi connectivity index (χ2n) is 4.68. The maximum atomic E-state index is 11.6. The first kappa shape index (κ1) is 9.84. The molecule has 2 aliphatic heterocycles. The molecule has 3 rings (SSSR count). The Kier molecular flexibility index (Phi) is 1.63. The van der Waals surface area contributed by atoms with Gasteiger partial charge in [-0.1, -0.05) is 13.5 Å². The van der Waals surface area contributed by atoms with Gasteiger partial charge in [0.25, 0.3) is 0 Å². The highest BCUT2D eigenvalue weighted by molar-refractivity contribution is 5.91. The van der Waals surface area contributed by atoms with Crippen molar-refractivity contribution in [1.82, 2.24) is 0 Å². The summed E-state index contributed by atoms with van der Waals surface area (Å²) < 4.78 is 10.6. The molecule has 0 aromatic heterocycles. The van der Waals surface area contributed by atoms with Gasteiger partial charge in [0.2, 0.25) is 0 Å². The Hall–Kier alpha value is -1.36. The number of rotatable bonds is 0. The van der Waals surface area contributed by atoms with Crippen LogP contribution in [-0.2, 0) is 19.1 Å². The van der Waals surface area contributed by atoms with Crippen molar-refractivity contribution in [2.75, 3.05) is 0 Å². The predicted octanol–water partition coefficient (Wildman–Crippen LogP) is -0.220. The normalized spacial score (nSPS) is 50.0. The molecule has 1 saturated carbocycles. The minimum absolute atomic E-state index is 0.123. The number of carbonyl (C=O) groups excluding carboxylic acids is 2. The van der Waals surface area contributed by atoms with Gasteiger partial charge in [-0.3, -0.25) is 9.59 Å². The van der Waals surface area contributed by atoms with Crippen molar-refractivity contribution in [3.05, 3.63) is 12.3 Å². The number of Topliss-reactive ketones (excluding diaryl/α,β-unsaturated/α-hetero) is 1. The lowest BCUT2D eigenvalue weighted by molar-refractivity contribution is -0.144. The molecule has 0 radical (unpaired) electrons. The molecule has 1 N–H and O–H groups in total. The summed E-state index contributed by atoms with van der Waals surface area (Å²) in [6, 6.07) is 0. The molecule has 3 aliphatic rings. The van der Waals surface area contributed by atoms with Gasteiger partial charge in [0.05, 0.1) is 11.3 Å². The van der Waals surface area contributed by atoms with Crippen LogP contribution in [0.2, 0.25) is 0 Å². The Morgan fingerprint density at radius 3 is 2.81 bits per heavy atom. The largest absolute Gasteiger partial charge is 0.490 e.